The maximum absolute atomic E-state index is 13.0. The van der Waals surface area contributed by atoms with Gasteiger partial charge in [0, 0.05) is 21.3 Å². The first-order valence-corrected chi connectivity index (χ1v) is 9.91. The molecule has 1 unspecified atom stereocenters. The van der Waals surface area contributed by atoms with Gasteiger partial charge < -0.3 is 10.6 Å². The molecule has 0 radical (unpaired) electrons. The van der Waals surface area contributed by atoms with Crippen LogP contribution >= 0.6 is 23.2 Å². The second-order valence-electron chi connectivity index (χ2n) is 7.08. The number of halogens is 2. The molecule has 29 heavy (non-hydrogen) atoms. The fourth-order valence-electron chi connectivity index (χ4n) is 3.44. The number of amides is 4. The molecule has 0 saturated carbocycles. The smallest absolute Gasteiger partial charge is 0.324 e. The quantitative estimate of drug-likeness (QED) is 0.690. The topological polar surface area (TPSA) is 78.5 Å². The van der Waals surface area contributed by atoms with Crippen molar-refractivity contribution < 1.29 is 14.4 Å². The van der Waals surface area contributed by atoms with Crippen molar-refractivity contribution in [3.05, 3.63) is 63.1 Å². The number of aryl methyl sites for hydroxylation is 2. The molecule has 1 fully saturated rings. The molecule has 4 amide bonds. The second kappa shape index (κ2) is 8.05. The molecule has 0 aromatic heterocycles. The van der Waals surface area contributed by atoms with E-state index < -0.39 is 29.9 Å². The lowest BCUT2D eigenvalue weighted by Crippen LogP contribution is -2.42. The predicted octanol–water partition coefficient (Wildman–Crippen LogP) is 4.27. The van der Waals surface area contributed by atoms with Gasteiger partial charge in [-0.1, -0.05) is 54.4 Å². The van der Waals surface area contributed by atoms with E-state index in [1.54, 1.807) is 19.1 Å². The van der Waals surface area contributed by atoms with E-state index >= 15 is 0 Å². The monoisotopic (exact) mass is 433 g/mol. The number of rotatable bonds is 5. The zero-order chi connectivity index (χ0) is 21.3. The van der Waals surface area contributed by atoms with Gasteiger partial charge in [-0.2, -0.15) is 0 Å². The number of nitrogens with one attached hydrogen (secondary N) is 2. The molecule has 3 rings (SSSR count). The van der Waals surface area contributed by atoms with Crippen LogP contribution in [0.25, 0.3) is 0 Å². The van der Waals surface area contributed by atoms with Crippen molar-refractivity contribution in [3.63, 3.8) is 0 Å². The summed E-state index contributed by atoms with van der Waals surface area (Å²) in [6.45, 7) is 5.03. The Hall–Kier alpha value is -2.57. The summed E-state index contributed by atoms with van der Waals surface area (Å²) in [5.41, 5.74) is 1.63. The van der Waals surface area contributed by atoms with Crippen LogP contribution in [0.2, 0.25) is 10.0 Å². The Kier molecular flexibility index (Phi) is 5.87. The van der Waals surface area contributed by atoms with Gasteiger partial charge in [-0.25, -0.2) is 4.79 Å². The third kappa shape index (κ3) is 3.95. The maximum Gasteiger partial charge on any atom is 0.325 e. The number of hydrogen-bond donors (Lipinski definition) is 2. The summed E-state index contributed by atoms with van der Waals surface area (Å²) in [6, 6.07) is 9.77. The Morgan fingerprint density at radius 3 is 2.59 bits per heavy atom. The highest BCUT2D eigenvalue weighted by Gasteiger charge is 2.50. The lowest BCUT2D eigenvalue weighted by Gasteiger charge is -2.23. The minimum atomic E-state index is -1.38. The van der Waals surface area contributed by atoms with Crippen LogP contribution in [0.1, 0.15) is 30.5 Å². The zero-order valence-electron chi connectivity index (χ0n) is 16.3. The Morgan fingerprint density at radius 1 is 1.21 bits per heavy atom. The average Bonchev–Trinajstić information content (AvgIpc) is 2.87. The van der Waals surface area contributed by atoms with E-state index in [0.29, 0.717) is 16.3 Å². The van der Waals surface area contributed by atoms with Gasteiger partial charge >= 0.3 is 6.03 Å². The standard InChI is InChI=1S/C21H21Cl2N3O3/c1-4-13-7-5-6-12(2)18(13)24-17(27)11-26-19(28)21(3,25-20(26)29)15-9-8-14(22)10-16(15)23/h5-10H,4,11H2,1-3H3,(H,24,27)(H,25,29). The first-order valence-electron chi connectivity index (χ1n) is 9.15. The largest absolute Gasteiger partial charge is 0.325 e. The average molecular weight is 434 g/mol. The minimum absolute atomic E-state index is 0.257. The number of urea groups is 1. The van der Waals surface area contributed by atoms with Crippen LogP contribution in [-0.4, -0.2) is 29.3 Å². The molecule has 8 heteroatoms. The molecule has 1 heterocycles. The second-order valence-corrected chi connectivity index (χ2v) is 7.93. The van der Waals surface area contributed by atoms with E-state index in [2.05, 4.69) is 10.6 Å². The van der Waals surface area contributed by atoms with E-state index in [1.807, 2.05) is 32.0 Å². The van der Waals surface area contributed by atoms with E-state index in [-0.39, 0.29) is 5.02 Å². The Morgan fingerprint density at radius 2 is 1.93 bits per heavy atom. The fraction of sp³-hybridized carbons (Fsp3) is 0.286. The molecule has 1 atom stereocenters. The summed E-state index contributed by atoms with van der Waals surface area (Å²) < 4.78 is 0. The van der Waals surface area contributed by atoms with Crippen LogP contribution < -0.4 is 10.6 Å². The van der Waals surface area contributed by atoms with Gasteiger partial charge in [0.25, 0.3) is 5.91 Å². The summed E-state index contributed by atoms with van der Waals surface area (Å²) in [7, 11) is 0. The molecule has 152 valence electrons. The molecule has 1 aliphatic rings. The highest BCUT2D eigenvalue weighted by Crippen LogP contribution is 2.35. The third-order valence-corrected chi connectivity index (χ3v) is 5.60. The maximum atomic E-state index is 13.0. The van der Waals surface area contributed by atoms with Crippen molar-refractivity contribution in [1.82, 2.24) is 10.2 Å². The Bertz CT molecular complexity index is 1010. The van der Waals surface area contributed by atoms with Crippen molar-refractivity contribution in [2.24, 2.45) is 0 Å². The number of nitrogens with zero attached hydrogens (tertiary/aromatic N) is 1. The summed E-state index contributed by atoms with van der Waals surface area (Å²) in [5, 5.41) is 6.14. The molecule has 1 saturated heterocycles. The molecular formula is C21H21Cl2N3O3. The normalized spacial score (nSPS) is 18.7. The SMILES string of the molecule is CCc1cccc(C)c1NC(=O)CN1C(=O)NC(C)(c2ccc(Cl)cc2Cl)C1=O. The van der Waals surface area contributed by atoms with Crippen LogP contribution in [0.3, 0.4) is 0 Å². The number of carbonyl (C=O) groups excluding carboxylic acids is 3. The molecule has 0 aliphatic carbocycles. The van der Waals surface area contributed by atoms with Crippen molar-refractivity contribution in [2.75, 3.05) is 11.9 Å². The van der Waals surface area contributed by atoms with Crippen molar-refractivity contribution in [2.45, 2.75) is 32.7 Å². The molecule has 2 aromatic rings. The van der Waals surface area contributed by atoms with E-state index in [0.717, 1.165) is 22.4 Å². The summed E-state index contributed by atoms with van der Waals surface area (Å²) >= 11 is 12.2. The first kappa shape index (κ1) is 21.1. The summed E-state index contributed by atoms with van der Waals surface area (Å²) in [4.78, 5) is 39.0. The molecule has 6 nitrogen and oxygen atoms in total. The number of para-hydroxylation sites is 1. The van der Waals surface area contributed by atoms with Crippen LogP contribution in [-0.2, 0) is 21.5 Å². The van der Waals surface area contributed by atoms with Crippen molar-refractivity contribution >= 4 is 46.7 Å². The molecule has 2 N–H and O–H groups in total. The molecule has 1 aliphatic heterocycles. The van der Waals surface area contributed by atoms with Crippen LogP contribution in [0, 0.1) is 6.92 Å². The molecule has 0 spiro atoms. The van der Waals surface area contributed by atoms with Gasteiger partial charge in [0.1, 0.15) is 12.1 Å². The lowest BCUT2D eigenvalue weighted by molar-refractivity contribution is -0.133. The van der Waals surface area contributed by atoms with Gasteiger partial charge in [-0.05, 0) is 43.5 Å². The minimum Gasteiger partial charge on any atom is -0.324 e. The number of anilines is 1. The molecular weight excluding hydrogens is 413 g/mol. The van der Waals surface area contributed by atoms with Crippen molar-refractivity contribution in [3.8, 4) is 0 Å². The van der Waals surface area contributed by atoms with E-state index in [4.69, 9.17) is 23.2 Å². The summed E-state index contributed by atoms with van der Waals surface area (Å²) in [5.74, 6) is -1.01. The highest BCUT2D eigenvalue weighted by atomic mass is 35.5. The van der Waals surface area contributed by atoms with Crippen molar-refractivity contribution in [1.29, 1.82) is 0 Å². The van der Waals surface area contributed by atoms with Gasteiger partial charge in [-0.3, -0.25) is 14.5 Å². The predicted molar refractivity (Wildman–Crippen MR) is 113 cm³/mol. The summed E-state index contributed by atoms with van der Waals surface area (Å²) in [6.07, 6.45) is 0.744. The van der Waals surface area contributed by atoms with E-state index in [9.17, 15) is 14.4 Å². The number of imide groups is 1. The third-order valence-electron chi connectivity index (χ3n) is 5.05. The number of carbonyl (C=O) groups is 3. The number of hydrogen-bond acceptors (Lipinski definition) is 3. The highest BCUT2D eigenvalue weighted by molar-refractivity contribution is 6.35. The van der Waals surface area contributed by atoms with Gasteiger partial charge in [0.2, 0.25) is 5.91 Å². The van der Waals surface area contributed by atoms with Crippen LogP contribution in [0.5, 0.6) is 0 Å². The van der Waals surface area contributed by atoms with E-state index in [1.165, 1.54) is 6.07 Å². The zero-order valence-corrected chi connectivity index (χ0v) is 17.8. The van der Waals surface area contributed by atoms with Gasteiger partial charge in [0.15, 0.2) is 0 Å². The van der Waals surface area contributed by atoms with Gasteiger partial charge in [-0.15, -0.1) is 0 Å². The first-order chi connectivity index (χ1) is 13.7. The Balaban J connectivity index is 1.81. The fourth-order valence-corrected chi connectivity index (χ4v) is 4.04. The van der Waals surface area contributed by atoms with Crippen LogP contribution in [0.15, 0.2) is 36.4 Å². The molecule has 0 bridgehead atoms. The van der Waals surface area contributed by atoms with Gasteiger partial charge in [0.05, 0.1) is 0 Å². The Labute approximate surface area is 179 Å². The number of benzene rings is 2. The lowest BCUT2D eigenvalue weighted by atomic mass is 9.92. The molecule has 2 aromatic carbocycles. The van der Waals surface area contributed by atoms with Crippen LogP contribution in [0.4, 0.5) is 10.5 Å².